The third-order valence-corrected chi connectivity index (χ3v) is 4.14. The molecule has 5 nitrogen and oxygen atoms in total. The number of nitrogens with zero attached hydrogens (tertiary/aromatic N) is 1. The minimum atomic E-state index is -3.71. The lowest BCUT2D eigenvalue weighted by Crippen LogP contribution is -2.16. The first kappa shape index (κ1) is 13.4. The fourth-order valence-corrected chi connectivity index (χ4v) is 2.94. The monoisotopic (exact) mass is 277 g/mol. The van der Waals surface area contributed by atoms with Crippen molar-refractivity contribution in [3.8, 4) is 0 Å². The van der Waals surface area contributed by atoms with Crippen molar-refractivity contribution in [1.29, 1.82) is 0 Å². The first-order valence-electron chi connectivity index (χ1n) is 5.86. The average molecular weight is 277 g/mol. The Labute approximate surface area is 112 Å². The SMILES string of the molecule is CCc1ccccc1NS(=O)(=O)c1cccnc1N. The Hall–Kier alpha value is -2.08. The minimum absolute atomic E-state index is 0.0102. The molecular formula is C13H15N3O2S. The van der Waals surface area contributed by atoms with Gasteiger partial charge in [0.1, 0.15) is 10.7 Å². The largest absolute Gasteiger partial charge is 0.383 e. The number of rotatable bonds is 4. The van der Waals surface area contributed by atoms with Crippen LogP contribution < -0.4 is 10.5 Å². The summed E-state index contributed by atoms with van der Waals surface area (Å²) in [5.41, 5.74) is 7.09. The van der Waals surface area contributed by atoms with E-state index in [4.69, 9.17) is 5.73 Å². The lowest BCUT2D eigenvalue weighted by Gasteiger charge is -2.12. The molecule has 0 aliphatic heterocycles. The number of hydrogen-bond donors (Lipinski definition) is 2. The Morgan fingerprint density at radius 2 is 1.95 bits per heavy atom. The molecule has 1 heterocycles. The number of nitrogens with one attached hydrogen (secondary N) is 1. The Balaban J connectivity index is 2.40. The van der Waals surface area contributed by atoms with Gasteiger partial charge in [0, 0.05) is 6.20 Å². The van der Waals surface area contributed by atoms with E-state index in [0.717, 1.165) is 12.0 Å². The maximum Gasteiger partial charge on any atom is 0.265 e. The van der Waals surface area contributed by atoms with E-state index in [-0.39, 0.29) is 10.7 Å². The van der Waals surface area contributed by atoms with Crippen LogP contribution >= 0.6 is 0 Å². The highest BCUT2D eigenvalue weighted by Gasteiger charge is 2.18. The summed E-state index contributed by atoms with van der Waals surface area (Å²) in [5, 5.41) is 0. The second-order valence-corrected chi connectivity index (χ2v) is 5.65. The van der Waals surface area contributed by atoms with E-state index in [0.29, 0.717) is 5.69 Å². The molecule has 0 saturated heterocycles. The van der Waals surface area contributed by atoms with E-state index < -0.39 is 10.0 Å². The predicted octanol–water partition coefficient (Wildman–Crippen LogP) is 2.03. The van der Waals surface area contributed by atoms with Crippen LogP contribution in [0.3, 0.4) is 0 Å². The molecule has 0 saturated carbocycles. The van der Waals surface area contributed by atoms with Crippen LogP contribution in [0.15, 0.2) is 47.5 Å². The summed E-state index contributed by atoms with van der Waals surface area (Å²) in [6.45, 7) is 1.96. The zero-order valence-corrected chi connectivity index (χ0v) is 11.3. The van der Waals surface area contributed by atoms with Gasteiger partial charge < -0.3 is 5.73 Å². The molecule has 1 aromatic heterocycles. The number of para-hydroxylation sites is 1. The molecule has 6 heteroatoms. The fourth-order valence-electron chi connectivity index (χ4n) is 1.76. The normalized spacial score (nSPS) is 11.2. The fraction of sp³-hybridized carbons (Fsp3) is 0.154. The number of aryl methyl sites for hydroxylation is 1. The molecule has 0 radical (unpaired) electrons. The van der Waals surface area contributed by atoms with Gasteiger partial charge in [-0.15, -0.1) is 0 Å². The first-order valence-corrected chi connectivity index (χ1v) is 7.34. The predicted molar refractivity (Wildman–Crippen MR) is 75.3 cm³/mol. The van der Waals surface area contributed by atoms with E-state index in [1.165, 1.54) is 18.3 Å². The van der Waals surface area contributed by atoms with Gasteiger partial charge >= 0.3 is 0 Å². The van der Waals surface area contributed by atoms with Crippen molar-refractivity contribution in [2.24, 2.45) is 0 Å². The van der Waals surface area contributed by atoms with Crippen LogP contribution in [-0.4, -0.2) is 13.4 Å². The van der Waals surface area contributed by atoms with Crippen LogP contribution in [0.4, 0.5) is 11.5 Å². The molecule has 0 unspecified atom stereocenters. The summed E-state index contributed by atoms with van der Waals surface area (Å²) < 4.78 is 27.1. The highest BCUT2D eigenvalue weighted by Crippen LogP contribution is 2.22. The van der Waals surface area contributed by atoms with Gasteiger partial charge in [0.2, 0.25) is 0 Å². The molecule has 0 aliphatic rings. The zero-order valence-electron chi connectivity index (χ0n) is 10.5. The van der Waals surface area contributed by atoms with Gasteiger partial charge in [-0.05, 0) is 30.2 Å². The number of nitrogen functional groups attached to an aromatic ring is 1. The average Bonchev–Trinajstić information content (AvgIpc) is 2.39. The summed E-state index contributed by atoms with van der Waals surface area (Å²) in [6.07, 6.45) is 2.19. The highest BCUT2D eigenvalue weighted by molar-refractivity contribution is 7.92. The van der Waals surface area contributed by atoms with Gasteiger partial charge in [-0.1, -0.05) is 25.1 Å². The van der Waals surface area contributed by atoms with Gasteiger partial charge in [-0.2, -0.15) is 0 Å². The second kappa shape index (κ2) is 5.27. The van der Waals surface area contributed by atoms with Crippen LogP contribution in [0.25, 0.3) is 0 Å². The zero-order chi connectivity index (χ0) is 13.9. The molecule has 0 amide bonds. The highest BCUT2D eigenvalue weighted by atomic mass is 32.2. The molecule has 19 heavy (non-hydrogen) atoms. The summed E-state index contributed by atoms with van der Waals surface area (Å²) >= 11 is 0. The van der Waals surface area contributed by atoms with Gasteiger partial charge in [0.05, 0.1) is 5.69 Å². The van der Waals surface area contributed by atoms with Crippen molar-refractivity contribution in [1.82, 2.24) is 4.98 Å². The van der Waals surface area contributed by atoms with Crippen molar-refractivity contribution in [3.63, 3.8) is 0 Å². The van der Waals surface area contributed by atoms with Crippen molar-refractivity contribution < 1.29 is 8.42 Å². The van der Waals surface area contributed by atoms with Crippen LogP contribution in [-0.2, 0) is 16.4 Å². The number of hydrogen-bond acceptors (Lipinski definition) is 4. The van der Waals surface area contributed by atoms with Crippen LogP contribution in [0.1, 0.15) is 12.5 Å². The van der Waals surface area contributed by atoms with E-state index in [2.05, 4.69) is 9.71 Å². The van der Waals surface area contributed by atoms with E-state index in [1.807, 2.05) is 19.1 Å². The first-order chi connectivity index (χ1) is 9.04. The van der Waals surface area contributed by atoms with Gasteiger partial charge in [-0.3, -0.25) is 4.72 Å². The third-order valence-electron chi connectivity index (χ3n) is 2.73. The van der Waals surface area contributed by atoms with Gasteiger partial charge in [0.25, 0.3) is 10.0 Å². The Morgan fingerprint density at radius 3 is 2.63 bits per heavy atom. The summed E-state index contributed by atoms with van der Waals surface area (Å²) in [6, 6.07) is 10.2. The summed E-state index contributed by atoms with van der Waals surface area (Å²) in [4.78, 5) is 3.78. The van der Waals surface area contributed by atoms with E-state index in [9.17, 15) is 8.42 Å². The Bertz CT molecular complexity index is 684. The molecule has 0 atom stereocenters. The molecule has 100 valence electrons. The molecule has 0 spiro atoms. The van der Waals surface area contributed by atoms with Crippen molar-refractivity contribution in [2.45, 2.75) is 18.2 Å². The van der Waals surface area contributed by atoms with Crippen molar-refractivity contribution >= 4 is 21.5 Å². The van der Waals surface area contributed by atoms with Crippen LogP contribution in [0.5, 0.6) is 0 Å². The number of aromatic nitrogens is 1. The van der Waals surface area contributed by atoms with Gasteiger partial charge in [0.15, 0.2) is 0 Å². The lowest BCUT2D eigenvalue weighted by molar-refractivity contribution is 0.601. The van der Waals surface area contributed by atoms with E-state index >= 15 is 0 Å². The second-order valence-electron chi connectivity index (χ2n) is 4.00. The third kappa shape index (κ3) is 2.85. The molecule has 3 N–H and O–H groups in total. The molecule has 0 bridgehead atoms. The van der Waals surface area contributed by atoms with Crippen LogP contribution in [0, 0.1) is 0 Å². The van der Waals surface area contributed by atoms with Gasteiger partial charge in [-0.25, -0.2) is 13.4 Å². The molecule has 0 fully saturated rings. The number of benzene rings is 1. The van der Waals surface area contributed by atoms with Crippen LogP contribution in [0.2, 0.25) is 0 Å². The number of anilines is 2. The Kier molecular flexibility index (Phi) is 3.71. The molecule has 0 aliphatic carbocycles. The Morgan fingerprint density at radius 1 is 1.21 bits per heavy atom. The van der Waals surface area contributed by atoms with Crippen molar-refractivity contribution in [2.75, 3.05) is 10.5 Å². The standard InChI is InChI=1S/C13H15N3O2S/c1-2-10-6-3-4-7-11(10)16-19(17,18)12-8-5-9-15-13(12)14/h3-9,16H,2H2,1H3,(H2,14,15). The number of nitrogens with two attached hydrogens (primary N) is 1. The maximum atomic E-state index is 12.3. The minimum Gasteiger partial charge on any atom is -0.383 e. The molecule has 2 rings (SSSR count). The quantitative estimate of drug-likeness (QED) is 0.895. The van der Waals surface area contributed by atoms with Crippen molar-refractivity contribution in [3.05, 3.63) is 48.2 Å². The molecule has 2 aromatic rings. The van der Waals surface area contributed by atoms with E-state index in [1.54, 1.807) is 12.1 Å². The topological polar surface area (TPSA) is 85.1 Å². The summed E-state index contributed by atoms with van der Waals surface area (Å²) in [5.74, 6) is -0.0102. The maximum absolute atomic E-state index is 12.3. The number of pyridine rings is 1. The number of sulfonamides is 1. The smallest absolute Gasteiger partial charge is 0.265 e. The lowest BCUT2D eigenvalue weighted by atomic mass is 10.1. The molecule has 1 aromatic carbocycles. The summed E-state index contributed by atoms with van der Waals surface area (Å²) in [7, 11) is -3.71. The molecular weight excluding hydrogens is 262 g/mol.